The van der Waals surface area contributed by atoms with Crippen LogP contribution in [0.5, 0.6) is 0 Å². The van der Waals surface area contributed by atoms with Crippen LogP contribution in [-0.4, -0.2) is 58.3 Å². The Hall–Kier alpha value is -3.78. The topological polar surface area (TPSA) is 119 Å². The molecule has 200 valence electrons. The molecule has 0 radical (unpaired) electrons. The molecule has 0 spiro atoms. The number of carbonyl (C=O) groups excluding carboxylic acids is 1. The van der Waals surface area contributed by atoms with E-state index in [1.165, 1.54) is 5.56 Å². The number of anilines is 1. The second-order valence-corrected chi connectivity index (χ2v) is 10.2. The van der Waals surface area contributed by atoms with Gasteiger partial charge in [-0.15, -0.1) is 0 Å². The van der Waals surface area contributed by atoms with Gasteiger partial charge < -0.3 is 20.4 Å². The summed E-state index contributed by atoms with van der Waals surface area (Å²) in [5, 5.41) is 22.6. The summed E-state index contributed by atoms with van der Waals surface area (Å²) in [5.41, 5.74) is 3.04. The molecule has 0 aromatic heterocycles. The molecule has 1 amide bonds. The van der Waals surface area contributed by atoms with E-state index in [1.807, 2.05) is 6.07 Å². The highest BCUT2D eigenvalue weighted by Gasteiger charge is 2.41. The van der Waals surface area contributed by atoms with Gasteiger partial charge in [0.15, 0.2) is 0 Å². The van der Waals surface area contributed by atoms with Crippen molar-refractivity contribution in [3.63, 3.8) is 0 Å². The number of nitrogens with one attached hydrogen (secondary N) is 1. The number of amides is 1. The van der Waals surface area contributed by atoms with Gasteiger partial charge in [0.25, 0.3) is 0 Å². The fourth-order valence-corrected chi connectivity index (χ4v) is 5.71. The zero-order chi connectivity index (χ0) is 27.2. The Morgan fingerprint density at radius 3 is 2.32 bits per heavy atom. The third kappa shape index (κ3) is 6.37. The number of carboxylic acid groups (broad SMARTS) is 2. The van der Waals surface area contributed by atoms with Gasteiger partial charge >= 0.3 is 11.9 Å². The summed E-state index contributed by atoms with van der Waals surface area (Å²) in [6.45, 7) is 6.09. The lowest BCUT2D eigenvalue weighted by Gasteiger charge is -2.32. The zero-order valence-corrected chi connectivity index (χ0v) is 21.9. The van der Waals surface area contributed by atoms with Crippen LogP contribution < -0.4 is 5.32 Å². The number of piperidine rings is 1. The van der Waals surface area contributed by atoms with Crippen LogP contribution in [0.25, 0.3) is 0 Å². The molecule has 2 aromatic rings. The van der Waals surface area contributed by atoms with E-state index in [0.29, 0.717) is 35.0 Å². The number of aliphatic imine (C=N–C) groups is 1. The van der Waals surface area contributed by atoms with Crippen LogP contribution in [0.15, 0.2) is 70.9 Å². The van der Waals surface area contributed by atoms with E-state index >= 15 is 0 Å². The maximum absolute atomic E-state index is 12.7. The highest BCUT2D eigenvalue weighted by Crippen LogP contribution is 2.39. The molecule has 2 unspecified atom stereocenters. The number of hydrogen-bond acceptors (Lipinski definition) is 5. The van der Waals surface area contributed by atoms with Crippen molar-refractivity contribution in [2.45, 2.75) is 51.4 Å². The zero-order valence-electron chi connectivity index (χ0n) is 21.9. The van der Waals surface area contributed by atoms with Crippen LogP contribution >= 0.6 is 0 Å². The minimum absolute atomic E-state index is 0.0393. The molecule has 38 heavy (non-hydrogen) atoms. The predicted octanol–water partition coefficient (Wildman–Crippen LogP) is 4.90. The third-order valence-corrected chi connectivity index (χ3v) is 7.59. The number of aliphatic carboxylic acids is 2. The quantitative estimate of drug-likeness (QED) is 0.435. The maximum Gasteiger partial charge on any atom is 0.334 e. The summed E-state index contributed by atoms with van der Waals surface area (Å²) in [4.78, 5) is 43.4. The molecule has 1 saturated heterocycles. The molecule has 2 aliphatic heterocycles. The summed E-state index contributed by atoms with van der Waals surface area (Å²) in [5.74, 6) is -3.85. The highest BCUT2D eigenvalue weighted by atomic mass is 16.4. The average molecular weight is 518 g/mol. The monoisotopic (exact) mass is 517 g/mol. The second kappa shape index (κ2) is 12.2. The van der Waals surface area contributed by atoms with E-state index in [2.05, 4.69) is 39.5 Å². The van der Waals surface area contributed by atoms with E-state index in [0.717, 1.165) is 38.9 Å². The van der Waals surface area contributed by atoms with Gasteiger partial charge in [-0.05, 0) is 81.9 Å². The van der Waals surface area contributed by atoms with E-state index in [-0.39, 0.29) is 11.5 Å². The molecular formula is C30H35N3O5. The molecule has 8 nitrogen and oxygen atoms in total. The minimum Gasteiger partial charge on any atom is -0.481 e. The van der Waals surface area contributed by atoms with E-state index in [1.54, 1.807) is 38.1 Å². The van der Waals surface area contributed by atoms with Gasteiger partial charge in [0.05, 0.1) is 5.57 Å². The highest BCUT2D eigenvalue weighted by molar-refractivity contribution is 6.06. The van der Waals surface area contributed by atoms with E-state index in [4.69, 9.17) is 0 Å². The van der Waals surface area contributed by atoms with Gasteiger partial charge in [-0.3, -0.25) is 14.6 Å². The number of allylic oxidation sites excluding steroid dienone is 1. The second-order valence-electron chi connectivity index (χ2n) is 10.2. The summed E-state index contributed by atoms with van der Waals surface area (Å²) in [6, 6.07) is 17.4. The molecule has 2 atom stereocenters. The van der Waals surface area contributed by atoms with Gasteiger partial charge in [-0.2, -0.15) is 0 Å². The van der Waals surface area contributed by atoms with E-state index in [9.17, 15) is 24.6 Å². The lowest BCUT2D eigenvalue weighted by molar-refractivity contribution is -0.140. The molecule has 2 aromatic carbocycles. The van der Waals surface area contributed by atoms with Gasteiger partial charge in [-0.25, -0.2) is 4.79 Å². The molecule has 3 N–H and O–H groups in total. The number of hydrogen-bond donors (Lipinski definition) is 3. The number of nitrogens with zero attached hydrogens (tertiary/aromatic N) is 2. The van der Waals surface area contributed by atoms with E-state index < -0.39 is 23.8 Å². The number of rotatable bonds is 9. The van der Waals surface area contributed by atoms with Gasteiger partial charge in [0, 0.05) is 29.4 Å². The van der Waals surface area contributed by atoms with Crippen LogP contribution in [0.4, 0.5) is 5.69 Å². The Morgan fingerprint density at radius 2 is 1.66 bits per heavy atom. The summed E-state index contributed by atoms with van der Waals surface area (Å²) >= 11 is 0. The summed E-state index contributed by atoms with van der Waals surface area (Å²) in [7, 11) is 0. The first-order chi connectivity index (χ1) is 18.2. The van der Waals surface area contributed by atoms with Crippen LogP contribution in [0.1, 0.15) is 62.5 Å². The minimum atomic E-state index is -1.20. The first-order valence-electron chi connectivity index (χ1n) is 13.1. The van der Waals surface area contributed by atoms with Crippen molar-refractivity contribution in [3.8, 4) is 0 Å². The van der Waals surface area contributed by atoms with Crippen molar-refractivity contribution < 1.29 is 24.6 Å². The van der Waals surface area contributed by atoms with Crippen LogP contribution in [0.3, 0.4) is 0 Å². The molecule has 0 bridgehead atoms. The number of carboxylic acids is 2. The van der Waals surface area contributed by atoms with Crippen molar-refractivity contribution in [1.82, 2.24) is 4.90 Å². The third-order valence-electron chi connectivity index (χ3n) is 7.59. The van der Waals surface area contributed by atoms with Crippen molar-refractivity contribution >= 4 is 29.2 Å². The molecule has 8 heteroatoms. The van der Waals surface area contributed by atoms with Crippen LogP contribution in [0, 0.1) is 5.92 Å². The van der Waals surface area contributed by atoms with Crippen molar-refractivity contribution in [2.24, 2.45) is 10.9 Å². The lowest BCUT2D eigenvalue weighted by atomic mass is 9.75. The molecule has 0 aliphatic carbocycles. The average Bonchev–Trinajstić information content (AvgIpc) is 2.89. The Kier molecular flexibility index (Phi) is 8.73. The molecule has 1 fully saturated rings. The Bertz CT molecular complexity index is 1250. The fourth-order valence-electron chi connectivity index (χ4n) is 5.71. The smallest absolute Gasteiger partial charge is 0.334 e. The van der Waals surface area contributed by atoms with Gasteiger partial charge in [0.1, 0.15) is 5.92 Å². The summed E-state index contributed by atoms with van der Waals surface area (Å²) in [6.07, 6.45) is 3.36. The first-order valence-corrected chi connectivity index (χ1v) is 13.1. The van der Waals surface area contributed by atoms with Crippen LogP contribution in [0.2, 0.25) is 0 Å². The standard InChI is InChI=1S/C30H35N3O5/c1-19-26(29(35)36)28(27(30(37)38)20(2)31-19)23-10-6-11-24(18-23)32-25(34)12-7-15-33-16-13-22(14-17-33)21-8-4-3-5-9-21/h3-6,8-11,18,22,26,28H,7,12-17H2,1-2H3,(H,32,34)(H,35,36)(H,37,38). The lowest BCUT2D eigenvalue weighted by Crippen LogP contribution is -2.35. The molecule has 2 aliphatic rings. The molecule has 4 rings (SSSR count). The number of benzene rings is 2. The molecule has 2 heterocycles. The van der Waals surface area contributed by atoms with Crippen molar-refractivity contribution in [1.29, 1.82) is 0 Å². The molecular weight excluding hydrogens is 482 g/mol. The Balaban J connectivity index is 1.33. The van der Waals surface area contributed by atoms with Crippen molar-refractivity contribution in [3.05, 3.63) is 77.0 Å². The number of likely N-dealkylation sites (tertiary alicyclic amines) is 1. The van der Waals surface area contributed by atoms with Crippen LogP contribution in [-0.2, 0) is 14.4 Å². The maximum atomic E-state index is 12.7. The van der Waals surface area contributed by atoms with Crippen molar-refractivity contribution in [2.75, 3.05) is 25.0 Å². The SMILES string of the molecule is CC1=NC(C)=C(C(=O)O)C(c2cccc(NC(=O)CCCN3CCC(c4ccccc4)CC3)c2)C1C(=O)O. The Morgan fingerprint density at radius 1 is 0.974 bits per heavy atom. The summed E-state index contributed by atoms with van der Waals surface area (Å²) < 4.78 is 0. The predicted molar refractivity (Wildman–Crippen MR) is 146 cm³/mol. The first kappa shape index (κ1) is 27.3. The normalized spacial score (nSPS) is 20.6. The Labute approximate surface area is 223 Å². The molecule has 0 saturated carbocycles. The van der Waals surface area contributed by atoms with Gasteiger partial charge in [-0.1, -0.05) is 42.5 Å². The fraction of sp³-hybridized carbons (Fsp3) is 0.400. The number of carbonyl (C=O) groups is 3. The van der Waals surface area contributed by atoms with Gasteiger partial charge in [0.2, 0.25) is 5.91 Å². The largest absolute Gasteiger partial charge is 0.481 e.